The van der Waals surface area contributed by atoms with Crippen molar-refractivity contribution in [1.29, 1.82) is 0 Å². The van der Waals surface area contributed by atoms with Crippen molar-refractivity contribution in [1.82, 2.24) is 0 Å². The van der Waals surface area contributed by atoms with Crippen molar-refractivity contribution >= 4 is 34.7 Å². The number of ether oxygens (including phenoxy) is 1. The third-order valence-corrected chi connectivity index (χ3v) is 5.27. The van der Waals surface area contributed by atoms with E-state index in [1.54, 1.807) is 78.9 Å². The highest BCUT2D eigenvalue weighted by Crippen LogP contribution is 2.44. The molecule has 1 aliphatic rings. The Labute approximate surface area is 178 Å². The van der Waals surface area contributed by atoms with E-state index in [0.717, 1.165) is 0 Å². The van der Waals surface area contributed by atoms with Gasteiger partial charge in [0.1, 0.15) is 11.5 Å². The first-order valence-electron chi connectivity index (χ1n) is 9.28. The van der Waals surface area contributed by atoms with Gasteiger partial charge < -0.3 is 9.84 Å². The van der Waals surface area contributed by atoms with Crippen molar-refractivity contribution in [2.45, 2.75) is 6.04 Å². The van der Waals surface area contributed by atoms with Crippen molar-refractivity contribution < 1.29 is 19.4 Å². The van der Waals surface area contributed by atoms with E-state index >= 15 is 0 Å². The molecule has 1 amide bonds. The van der Waals surface area contributed by atoms with Crippen LogP contribution in [0.15, 0.2) is 84.4 Å². The summed E-state index contributed by atoms with van der Waals surface area (Å²) in [4.78, 5) is 27.6. The van der Waals surface area contributed by atoms with Gasteiger partial charge in [-0.3, -0.25) is 14.5 Å². The minimum atomic E-state index is -0.834. The zero-order valence-corrected chi connectivity index (χ0v) is 16.8. The normalized spacial score (nSPS) is 17.9. The number of hydrogen-bond acceptors (Lipinski definition) is 4. The number of ketones is 1. The standard InChI is InChI=1S/C24H18ClNO4/c1-30-19-10-6-5-9-18(19)26-21(15-11-13-17(25)14-12-15)20(23(28)24(26)29)22(27)16-7-3-2-4-8-16/h2-14,21,27H,1H3/t21-/m0/s1. The van der Waals surface area contributed by atoms with Gasteiger partial charge >= 0.3 is 0 Å². The highest BCUT2D eigenvalue weighted by Gasteiger charge is 2.47. The quantitative estimate of drug-likeness (QED) is 0.368. The first-order valence-corrected chi connectivity index (χ1v) is 9.65. The smallest absolute Gasteiger partial charge is 0.300 e. The van der Waals surface area contributed by atoms with Crippen molar-refractivity contribution in [2.75, 3.05) is 12.0 Å². The first-order chi connectivity index (χ1) is 14.5. The number of aliphatic hydroxyl groups is 1. The van der Waals surface area contributed by atoms with Crippen molar-refractivity contribution in [3.05, 3.63) is 101 Å². The Morgan fingerprint density at radius 2 is 1.57 bits per heavy atom. The molecule has 0 aromatic heterocycles. The number of nitrogens with zero attached hydrogens (tertiary/aromatic N) is 1. The Balaban J connectivity index is 1.97. The van der Waals surface area contributed by atoms with Gasteiger partial charge in [0.2, 0.25) is 0 Å². The van der Waals surface area contributed by atoms with E-state index in [9.17, 15) is 14.7 Å². The fourth-order valence-electron chi connectivity index (χ4n) is 3.62. The number of rotatable bonds is 4. The Hall–Kier alpha value is -3.57. The summed E-state index contributed by atoms with van der Waals surface area (Å²) < 4.78 is 5.42. The van der Waals surface area contributed by atoms with Crippen LogP contribution >= 0.6 is 11.6 Å². The molecule has 5 nitrogen and oxygen atoms in total. The molecular weight excluding hydrogens is 402 g/mol. The summed E-state index contributed by atoms with van der Waals surface area (Å²) in [5.74, 6) is -1.29. The van der Waals surface area contributed by atoms with Gasteiger partial charge in [0.25, 0.3) is 11.7 Å². The SMILES string of the molecule is COc1ccccc1N1C(=O)C(=O)C(=C(O)c2ccccc2)[C@@H]1c1ccc(Cl)cc1. The number of halogens is 1. The Kier molecular flexibility index (Phi) is 5.29. The largest absolute Gasteiger partial charge is 0.507 e. The predicted octanol–water partition coefficient (Wildman–Crippen LogP) is 4.97. The molecule has 3 aromatic rings. The van der Waals surface area contributed by atoms with Crippen molar-refractivity contribution in [3.8, 4) is 5.75 Å². The molecule has 1 heterocycles. The van der Waals surface area contributed by atoms with E-state index in [-0.39, 0.29) is 11.3 Å². The number of carbonyl (C=O) groups is 2. The Morgan fingerprint density at radius 1 is 0.933 bits per heavy atom. The zero-order valence-electron chi connectivity index (χ0n) is 16.1. The molecule has 150 valence electrons. The molecular formula is C24H18ClNO4. The van der Waals surface area contributed by atoms with Gasteiger partial charge in [-0.15, -0.1) is 0 Å². The van der Waals surface area contributed by atoms with E-state index in [4.69, 9.17) is 16.3 Å². The molecule has 0 saturated carbocycles. The molecule has 4 rings (SSSR count). The minimum Gasteiger partial charge on any atom is -0.507 e. The second-order valence-electron chi connectivity index (χ2n) is 6.76. The average molecular weight is 420 g/mol. The molecule has 1 aliphatic heterocycles. The van der Waals surface area contributed by atoms with Gasteiger partial charge in [-0.2, -0.15) is 0 Å². The maximum absolute atomic E-state index is 13.1. The summed E-state index contributed by atoms with van der Waals surface area (Å²) in [6.45, 7) is 0. The van der Waals surface area contributed by atoms with Gasteiger partial charge in [0.05, 0.1) is 24.4 Å². The average Bonchev–Trinajstić information content (AvgIpc) is 3.05. The van der Waals surface area contributed by atoms with Gasteiger partial charge in [-0.05, 0) is 29.8 Å². The number of aliphatic hydroxyl groups excluding tert-OH is 1. The molecule has 1 saturated heterocycles. The van der Waals surface area contributed by atoms with Gasteiger partial charge in [-0.1, -0.05) is 66.2 Å². The lowest BCUT2D eigenvalue weighted by Gasteiger charge is -2.26. The summed E-state index contributed by atoms with van der Waals surface area (Å²) in [6, 6.07) is 21.6. The Bertz CT molecular complexity index is 1140. The van der Waals surface area contributed by atoms with Crippen molar-refractivity contribution in [3.63, 3.8) is 0 Å². The van der Waals surface area contributed by atoms with Crippen LogP contribution in [-0.2, 0) is 9.59 Å². The first kappa shape index (κ1) is 19.7. The lowest BCUT2D eigenvalue weighted by atomic mass is 9.95. The van der Waals surface area contributed by atoms with Crippen LogP contribution in [0.5, 0.6) is 5.75 Å². The van der Waals surface area contributed by atoms with Crippen LogP contribution in [-0.4, -0.2) is 23.9 Å². The lowest BCUT2D eigenvalue weighted by Crippen LogP contribution is -2.29. The third-order valence-electron chi connectivity index (χ3n) is 5.02. The number of para-hydroxylation sites is 2. The van der Waals surface area contributed by atoms with E-state index in [2.05, 4.69) is 0 Å². The number of methoxy groups -OCH3 is 1. The fourth-order valence-corrected chi connectivity index (χ4v) is 3.75. The highest BCUT2D eigenvalue weighted by molar-refractivity contribution is 6.52. The Morgan fingerprint density at radius 3 is 2.23 bits per heavy atom. The number of carbonyl (C=O) groups excluding carboxylic acids is 2. The van der Waals surface area contributed by atoms with Crippen LogP contribution in [0, 0.1) is 0 Å². The van der Waals surface area contributed by atoms with Crippen LogP contribution in [0.2, 0.25) is 5.02 Å². The zero-order chi connectivity index (χ0) is 21.3. The van der Waals surface area contributed by atoms with E-state index < -0.39 is 17.7 Å². The van der Waals surface area contributed by atoms with E-state index in [0.29, 0.717) is 27.6 Å². The summed E-state index contributed by atoms with van der Waals surface area (Å²) in [5.41, 5.74) is 1.55. The molecule has 0 radical (unpaired) electrons. The summed E-state index contributed by atoms with van der Waals surface area (Å²) >= 11 is 6.04. The topological polar surface area (TPSA) is 66.8 Å². The minimum absolute atomic E-state index is 0.0134. The number of Topliss-reactive ketones (excluding diaryl/α,β-unsaturated/α-hetero) is 1. The van der Waals surface area contributed by atoms with Gasteiger partial charge in [-0.25, -0.2) is 0 Å². The molecule has 0 aliphatic carbocycles. The third kappa shape index (κ3) is 3.33. The molecule has 6 heteroatoms. The monoisotopic (exact) mass is 419 g/mol. The second-order valence-corrected chi connectivity index (χ2v) is 7.19. The molecule has 3 aromatic carbocycles. The highest BCUT2D eigenvalue weighted by atomic mass is 35.5. The van der Waals surface area contributed by atoms with Crippen LogP contribution in [0.1, 0.15) is 17.2 Å². The van der Waals surface area contributed by atoms with E-state index in [1.165, 1.54) is 12.0 Å². The molecule has 1 N–H and O–H groups in total. The number of benzene rings is 3. The second kappa shape index (κ2) is 8.05. The fraction of sp³-hybridized carbons (Fsp3) is 0.0833. The molecule has 0 unspecified atom stereocenters. The number of hydrogen-bond donors (Lipinski definition) is 1. The van der Waals surface area contributed by atoms with Crippen LogP contribution in [0.25, 0.3) is 5.76 Å². The van der Waals surface area contributed by atoms with Gasteiger partial charge in [0, 0.05) is 10.6 Å². The van der Waals surface area contributed by atoms with E-state index in [1.807, 2.05) is 0 Å². The summed E-state index contributed by atoms with van der Waals surface area (Å²) in [6.07, 6.45) is 0. The van der Waals surface area contributed by atoms with Crippen LogP contribution in [0.4, 0.5) is 5.69 Å². The molecule has 30 heavy (non-hydrogen) atoms. The van der Waals surface area contributed by atoms with Crippen LogP contribution < -0.4 is 9.64 Å². The van der Waals surface area contributed by atoms with Crippen molar-refractivity contribution in [2.24, 2.45) is 0 Å². The maximum atomic E-state index is 13.1. The lowest BCUT2D eigenvalue weighted by molar-refractivity contribution is -0.132. The van der Waals surface area contributed by atoms with Gasteiger partial charge in [0.15, 0.2) is 0 Å². The number of anilines is 1. The molecule has 0 spiro atoms. The maximum Gasteiger partial charge on any atom is 0.300 e. The van der Waals surface area contributed by atoms with Crippen LogP contribution in [0.3, 0.4) is 0 Å². The molecule has 1 fully saturated rings. The number of amides is 1. The predicted molar refractivity (Wildman–Crippen MR) is 116 cm³/mol. The molecule has 0 bridgehead atoms. The molecule has 1 atom stereocenters. The summed E-state index contributed by atoms with van der Waals surface area (Å²) in [7, 11) is 1.50. The summed E-state index contributed by atoms with van der Waals surface area (Å²) in [5, 5.41) is 11.5.